The number of para-hydroxylation sites is 1. The lowest BCUT2D eigenvalue weighted by molar-refractivity contribution is -0.115. The Balaban J connectivity index is 3.40. The molecular formula is C24H35NO. The molecule has 0 saturated heterocycles. The van der Waals surface area contributed by atoms with Crippen molar-refractivity contribution in [3.8, 4) is 0 Å². The van der Waals surface area contributed by atoms with Crippen LogP contribution in [-0.4, -0.2) is 12.5 Å². The summed E-state index contributed by atoms with van der Waals surface area (Å²) < 4.78 is 0. The van der Waals surface area contributed by atoms with Gasteiger partial charge in [-0.15, -0.1) is 0 Å². The van der Waals surface area contributed by atoms with E-state index in [9.17, 15) is 4.79 Å². The fourth-order valence-electron chi connectivity index (χ4n) is 2.81. The van der Waals surface area contributed by atoms with Crippen molar-refractivity contribution in [2.75, 3.05) is 11.4 Å². The first-order valence-electron chi connectivity index (χ1n) is 9.55. The Bertz CT molecular complexity index is 697. The highest BCUT2D eigenvalue weighted by atomic mass is 16.2. The van der Waals surface area contributed by atoms with Crippen molar-refractivity contribution in [1.29, 1.82) is 0 Å². The van der Waals surface area contributed by atoms with Crippen LogP contribution in [0.5, 0.6) is 0 Å². The van der Waals surface area contributed by atoms with E-state index in [0.29, 0.717) is 18.4 Å². The molecule has 26 heavy (non-hydrogen) atoms. The second kappa shape index (κ2) is 10.2. The third-order valence-corrected chi connectivity index (χ3v) is 4.10. The summed E-state index contributed by atoms with van der Waals surface area (Å²) in [6.45, 7) is 17.5. The van der Waals surface area contributed by atoms with E-state index >= 15 is 0 Å². The smallest absolute Gasteiger partial charge is 0.258 e. The molecule has 0 fully saturated rings. The Labute approximate surface area is 160 Å². The Hall–Kier alpha value is -2.09. The Morgan fingerprint density at radius 3 is 2.15 bits per heavy atom. The number of hydrogen-bond acceptors (Lipinski definition) is 1. The lowest BCUT2D eigenvalue weighted by Crippen LogP contribution is -2.36. The lowest BCUT2D eigenvalue weighted by atomic mass is 9.98. The predicted molar refractivity (Wildman–Crippen MR) is 115 cm³/mol. The van der Waals surface area contributed by atoms with E-state index < -0.39 is 0 Å². The highest BCUT2D eigenvalue weighted by molar-refractivity contribution is 6.08. The topological polar surface area (TPSA) is 20.3 Å². The molecule has 1 rings (SSSR count). The van der Waals surface area contributed by atoms with Crippen LogP contribution in [0.15, 0.2) is 59.2 Å². The molecule has 1 aromatic carbocycles. The zero-order valence-corrected chi connectivity index (χ0v) is 17.8. The second-order valence-electron chi connectivity index (χ2n) is 8.04. The monoisotopic (exact) mass is 353 g/mol. The third kappa shape index (κ3) is 6.33. The minimum atomic E-state index is 0.0743. The number of rotatable bonds is 7. The van der Waals surface area contributed by atoms with Gasteiger partial charge in [-0.05, 0) is 57.2 Å². The van der Waals surface area contributed by atoms with E-state index in [4.69, 9.17) is 0 Å². The molecule has 0 bridgehead atoms. The summed E-state index contributed by atoms with van der Waals surface area (Å²) in [5, 5.41) is 0. The summed E-state index contributed by atoms with van der Waals surface area (Å²) in [5.41, 5.74) is 5.25. The lowest BCUT2D eigenvalue weighted by Gasteiger charge is -2.29. The quantitative estimate of drug-likeness (QED) is 0.396. The molecule has 2 nitrogen and oxygen atoms in total. The Morgan fingerprint density at radius 2 is 1.65 bits per heavy atom. The van der Waals surface area contributed by atoms with Gasteiger partial charge in [0.05, 0.1) is 0 Å². The molecule has 0 aliphatic rings. The van der Waals surface area contributed by atoms with Crippen molar-refractivity contribution in [2.45, 2.75) is 61.3 Å². The second-order valence-corrected chi connectivity index (χ2v) is 8.04. The van der Waals surface area contributed by atoms with Crippen LogP contribution in [-0.2, 0) is 4.79 Å². The van der Waals surface area contributed by atoms with Gasteiger partial charge in [-0.3, -0.25) is 4.79 Å². The van der Waals surface area contributed by atoms with E-state index in [1.54, 1.807) is 0 Å². The van der Waals surface area contributed by atoms with Crippen LogP contribution < -0.4 is 4.90 Å². The molecule has 0 spiro atoms. The van der Waals surface area contributed by atoms with Gasteiger partial charge in [-0.25, -0.2) is 0 Å². The summed E-state index contributed by atoms with van der Waals surface area (Å²) in [6.07, 6.45) is 5.94. The van der Waals surface area contributed by atoms with Crippen LogP contribution in [0.25, 0.3) is 0 Å². The standard InChI is InChI=1S/C24H35NO/c1-17(2)12-11-14-22(20(7)8)24(26)25(16-18(3)4)23-15-10-9-13-21(23)19(5)6/h9-15,18-19H,16H2,1-8H3/b14-11-. The predicted octanol–water partition coefficient (Wildman–Crippen LogP) is 6.66. The van der Waals surface area contributed by atoms with E-state index in [0.717, 1.165) is 16.8 Å². The van der Waals surface area contributed by atoms with Crippen LogP contribution in [0.2, 0.25) is 0 Å². The summed E-state index contributed by atoms with van der Waals surface area (Å²) in [4.78, 5) is 15.4. The largest absolute Gasteiger partial charge is 0.308 e. The normalized spacial score (nSPS) is 11.2. The Morgan fingerprint density at radius 1 is 1.04 bits per heavy atom. The molecule has 0 saturated carbocycles. The SMILES string of the molecule is CC(C)=C/C=C\C(C(=O)N(CC(C)C)c1ccccc1C(C)C)=C(C)C. The molecular weight excluding hydrogens is 318 g/mol. The summed E-state index contributed by atoms with van der Waals surface area (Å²) in [6, 6.07) is 8.26. The summed E-state index contributed by atoms with van der Waals surface area (Å²) in [7, 11) is 0. The maximum atomic E-state index is 13.5. The van der Waals surface area contributed by atoms with Crippen molar-refractivity contribution < 1.29 is 4.79 Å². The van der Waals surface area contributed by atoms with Gasteiger partial charge in [-0.2, -0.15) is 0 Å². The molecule has 0 heterocycles. The minimum Gasteiger partial charge on any atom is -0.308 e. The number of carbonyl (C=O) groups excluding carboxylic acids is 1. The van der Waals surface area contributed by atoms with Gasteiger partial charge in [-0.1, -0.05) is 69.2 Å². The molecule has 0 radical (unpaired) electrons. The fourth-order valence-corrected chi connectivity index (χ4v) is 2.81. The van der Waals surface area contributed by atoms with Crippen molar-refractivity contribution in [3.05, 3.63) is 64.8 Å². The van der Waals surface area contributed by atoms with Gasteiger partial charge in [0.15, 0.2) is 0 Å². The zero-order chi connectivity index (χ0) is 19.9. The number of amides is 1. The first-order chi connectivity index (χ1) is 12.1. The molecule has 142 valence electrons. The van der Waals surface area contributed by atoms with Gasteiger partial charge in [0, 0.05) is 17.8 Å². The molecule has 0 aliphatic carbocycles. The molecule has 2 heteroatoms. The number of carbonyl (C=O) groups is 1. The van der Waals surface area contributed by atoms with Gasteiger partial charge >= 0.3 is 0 Å². The van der Waals surface area contributed by atoms with Crippen molar-refractivity contribution in [2.24, 2.45) is 5.92 Å². The maximum absolute atomic E-state index is 13.5. The summed E-state index contributed by atoms with van der Waals surface area (Å²) >= 11 is 0. The Kier molecular flexibility index (Phi) is 8.57. The zero-order valence-electron chi connectivity index (χ0n) is 17.8. The number of benzene rings is 1. The van der Waals surface area contributed by atoms with Gasteiger partial charge in [0.1, 0.15) is 0 Å². The van der Waals surface area contributed by atoms with Crippen LogP contribution >= 0.6 is 0 Å². The molecule has 1 aromatic rings. The van der Waals surface area contributed by atoms with Crippen LogP contribution in [0, 0.1) is 5.92 Å². The van der Waals surface area contributed by atoms with Gasteiger partial charge in [0.2, 0.25) is 0 Å². The van der Waals surface area contributed by atoms with E-state index in [-0.39, 0.29) is 5.91 Å². The highest BCUT2D eigenvalue weighted by Gasteiger charge is 2.23. The first kappa shape index (κ1) is 22.0. The van der Waals surface area contributed by atoms with Crippen LogP contribution in [0.4, 0.5) is 5.69 Å². The van der Waals surface area contributed by atoms with Gasteiger partial charge < -0.3 is 4.90 Å². The molecule has 0 N–H and O–H groups in total. The maximum Gasteiger partial charge on any atom is 0.258 e. The number of hydrogen-bond donors (Lipinski definition) is 0. The van der Waals surface area contributed by atoms with Crippen LogP contribution in [0.3, 0.4) is 0 Å². The molecule has 0 aromatic heterocycles. The minimum absolute atomic E-state index is 0.0743. The first-order valence-corrected chi connectivity index (χ1v) is 9.55. The number of allylic oxidation sites excluding steroid dienone is 4. The fraction of sp³-hybridized carbons (Fsp3) is 0.458. The van der Waals surface area contributed by atoms with Gasteiger partial charge in [0.25, 0.3) is 5.91 Å². The van der Waals surface area contributed by atoms with E-state index in [1.165, 1.54) is 11.1 Å². The third-order valence-electron chi connectivity index (χ3n) is 4.10. The highest BCUT2D eigenvalue weighted by Crippen LogP contribution is 2.29. The summed E-state index contributed by atoms with van der Waals surface area (Å²) in [5.74, 6) is 0.828. The molecule has 0 unspecified atom stereocenters. The van der Waals surface area contributed by atoms with Crippen molar-refractivity contribution in [3.63, 3.8) is 0 Å². The molecule has 0 aliphatic heterocycles. The van der Waals surface area contributed by atoms with Crippen molar-refractivity contribution >= 4 is 11.6 Å². The number of nitrogens with zero attached hydrogens (tertiary/aromatic N) is 1. The molecule has 0 atom stereocenters. The van der Waals surface area contributed by atoms with Crippen LogP contribution in [0.1, 0.15) is 66.9 Å². The van der Waals surface area contributed by atoms with E-state index in [1.807, 2.05) is 49.1 Å². The van der Waals surface area contributed by atoms with Crippen molar-refractivity contribution in [1.82, 2.24) is 0 Å². The average molecular weight is 354 g/mol. The van der Waals surface area contributed by atoms with E-state index in [2.05, 4.69) is 53.7 Å². The molecule has 1 amide bonds. The average Bonchev–Trinajstić information content (AvgIpc) is 2.55. The number of anilines is 1.